The highest BCUT2D eigenvalue weighted by Crippen LogP contribution is 2.30. The largest absolute Gasteiger partial charge is 0.117 e. The molecule has 3 aromatic rings. The first-order valence-electron chi connectivity index (χ1n) is 7.01. The van der Waals surface area contributed by atoms with Crippen LogP contribution in [0.4, 0.5) is 0 Å². The van der Waals surface area contributed by atoms with Gasteiger partial charge in [-0.25, -0.2) is 0 Å². The molecule has 0 fully saturated rings. The van der Waals surface area contributed by atoms with Crippen LogP contribution in [-0.4, -0.2) is 0 Å². The fraction of sp³-hybridized carbons (Fsp3) is 0.158. The topological polar surface area (TPSA) is 0 Å². The average Bonchev–Trinajstić information content (AvgIpc) is 2.49. The Morgan fingerprint density at radius 2 is 1.71 bits per heavy atom. The van der Waals surface area contributed by atoms with Gasteiger partial charge in [-0.15, -0.1) is 11.6 Å². The Bertz CT molecular complexity index is 779. The van der Waals surface area contributed by atoms with Crippen LogP contribution in [0.15, 0.2) is 65.1 Å². The molecule has 0 N–H and O–H groups in total. The summed E-state index contributed by atoms with van der Waals surface area (Å²) in [5, 5.41) is 2.53. The standard InChI is InChI=1S/C19H16BrCl/c1-13-6-9-17(20)12-18(13)19(21)11-14-7-8-15-4-2-3-5-16(15)10-14/h2-10,12,19H,11H2,1H3. The van der Waals surface area contributed by atoms with Gasteiger partial charge in [-0.05, 0) is 52.9 Å². The highest BCUT2D eigenvalue weighted by Gasteiger charge is 2.12. The third-order valence-corrected chi connectivity index (χ3v) is 4.69. The van der Waals surface area contributed by atoms with Crippen LogP contribution >= 0.6 is 27.5 Å². The van der Waals surface area contributed by atoms with Gasteiger partial charge in [0.1, 0.15) is 0 Å². The number of aryl methyl sites for hydroxylation is 1. The molecule has 0 aromatic heterocycles. The van der Waals surface area contributed by atoms with Crippen molar-refractivity contribution in [1.29, 1.82) is 0 Å². The van der Waals surface area contributed by atoms with E-state index >= 15 is 0 Å². The third-order valence-electron chi connectivity index (χ3n) is 3.81. The van der Waals surface area contributed by atoms with Gasteiger partial charge in [0, 0.05) is 4.47 Å². The van der Waals surface area contributed by atoms with Gasteiger partial charge in [0.25, 0.3) is 0 Å². The van der Waals surface area contributed by atoms with E-state index in [1.165, 1.54) is 27.5 Å². The molecule has 0 saturated heterocycles. The summed E-state index contributed by atoms with van der Waals surface area (Å²) in [7, 11) is 0. The van der Waals surface area contributed by atoms with E-state index in [0.717, 1.165) is 10.9 Å². The molecule has 0 aliphatic heterocycles. The lowest BCUT2D eigenvalue weighted by atomic mass is 9.98. The van der Waals surface area contributed by atoms with Crippen LogP contribution in [0, 0.1) is 6.92 Å². The molecule has 3 aromatic carbocycles. The van der Waals surface area contributed by atoms with Crippen molar-refractivity contribution < 1.29 is 0 Å². The molecule has 0 amide bonds. The summed E-state index contributed by atoms with van der Waals surface area (Å²) < 4.78 is 1.08. The second-order valence-corrected chi connectivity index (χ2v) is 6.80. The SMILES string of the molecule is Cc1ccc(Br)cc1C(Cl)Cc1ccc2ccccc2c1. The van der Waals surface area contributed by atoms with Crippen molar-refractivity contribution in [2.24, 2.45) is 0 Å². The van der Waals surface area contributed by atoms with Crippen LogP contribution in [-0.2, 0) is 6.42 Å². The second-order valence-electron chi connectivity index (χ2n) is 5.35. The Hall–Kier alpha value is -1.31. The minimum absolute atomic E-state index is 0.0105. The molecule has 2 heteroatoms. The maximum atomic E-state index is 6.65. The van der Waals surface area contributed by atoms with Gasteiger partial charge in [0.15, 0.2) is 0 Å². The second kappa shape index (κ2) is 6.21. The zero-order valence-corrected chi connectivity index (χ0v) is 14.2. The third kappa shape index (κ3) is 3.30. The minimum atomic E-state index is -0.0105. The number of fused-ring (bicyclic) bond motifs is 1. The normalized spacial score (nSPS) is 12.5. The van der Waals surface area contributed by atoms with Crippen LogP contribution in [0.5, 0.6) is 0 Å². The number of hydrogen-bond donors (Lipinski definition) is 0. The molecule has 1 unspecified atom stereocenters. The van der Waals surface area contributed by atoms with E-state index in [0.29, 0.717) is 0 Å². The van der Waals surface area contributed by atoms with Gasteiger partial charge >= 0.3 is 0 Å². The van der Waals surface area contributed by atoms with Crippen LogP contribution < -0.4 is 0 Å². The first-order chi connectivity index (χ1) is 10.1. The summed E-state index contributed by atoms with van der Waals surface area (Å²) in [5.41, 5.74) is 3.70. The number of halogens is 2. The Balaban J connectivity index is 1.88. The number of alkyl halides is 1. The van der Waals surface area contributed by atoms with E-state index in [1.807, 2.05) is 0 Å². The highest BCUT2D eigenvalue weighted by atomic mass is 79.9. The molecule has 3 rings (SSSR count). The van der Waals surface area contributed by atoms with Gasteiger partial charge < -0.3 is 0 Å². The Morgan fingerprint density at radius 3 is 2.52 bits per heavy atom. The fourth-order valence-corrected chi connectivity index (χ4v) is 3.42. The van der Waals surface area contributed by atoms with Crippen molar-refractivity contribution in [1.82, 2.24) is 0 Å². The Morgan fingerprint density at radius 1 is 0.952 bits per heavy atom. The van der Waals surface area contributed by atoms with Crippen molar-refractivity contribution >= 4 is 38.3 Å². The van der Waals surface area contributed by atoms with Gasteiger partial charge in [0.05, 0.1) is 5.38 Å². The highest BCUT2D eigenvalue weighted by molar-refractivity contribution is 9.10. The van der Waals surface area contributed by atoms with Crippen molar-refractivity contribution in [3.8, 4) is 0 Å². The van der Waals surface area contributed by atoms with Crippen molar-refractivity contribution in [3.63, 3.8) is 0 Å². The summed E-state index contributed by atoms with van der Waals surface area (Å²) in [5.74, 6) is 0. The molecular weight excluding hydrogens is 344 g/mol. The molecule has 0 nitrogen and oxygen atoms in total. The first kappa shape index (κ1) is 14.6. The van der Waals surface area contributed by atoms with Crippen LogP contribution in [0.1, 0.15) is 22.1 Å². The van der Waals surface area contributed by atoms with E-state index in [-0.39, 0.29) is 5.38 Å². The molecule has 0 aliphatic carbocycles. The summed E-state index contributed by atoms with van der Waals surface area (Å²) in [6.07, 6.45) is 0.837. The molecule has 0 heterocycles. The van der Waals surface area contributed by atoms with E-state index in [2.05, 4.69) is 83.5 Å². The molecular formula is C19H16BrCl. The number of benzene rings is 3. The summed E-state index contributed by atoms with van der Waals surface area (Å²) in [4.78, 5) is 0. The number of rotatable bonds is 3. The zero-order chi connectivity index (χ0) is 14.8. The zero-order valence-electron chi connectivity index (χ0n) is 11.8. The fourth-order valence-electron chi connectivity index (χ4n) is 2.63. The predicted octanol–water partition coefficient (Wildman–Crippen LogP) is 6.43. The Labute approximate surface area is 138 Å². The molecule has 21 heavy (non-hydrogen) atoms. The predicted molar refractivity (Wildman–Crippen MR) is 95.1 cm³/mol. The van der Waals surface area contributed by atoms with E-state index in [1.54, 1.807) is 0 Å². The summed E-state index contributed by atoms with van der Waals surface area (Å²) in [6.45, 7) is 2.11. The van der Waals surface area contributed by atoms with Crippen molar-refractivity contribution in [2.45, 2.75) is 18.7 Å². The summed E-state index contributed by atoms with van der Waals surface area (Å²) >= 11 is 10.2. The first-order valence-corrected chi connectivity index (χ1v) is 8.24. The van der Waals surface area contributed by atoms with Crippen LogP contribution in [0.3, 0.4) is 0 Å². The molecule has 0 saturated carbocycles. The maximum Gasteiger partial charge on any atom is 0.0628 e. The molecule has 0 aliphatic rings. The van der Waals surface area contributed by atoms with E-state index < -0.39 is 0 Å². The van der Waals surface area contributed by atoms with Gasteiger partial charge in [-0.1, -0.05) is 64.5 Å². The molecule has 1 atom stereocenters. The minimum Gasteiger partial charge on any atom is -0.117 e. The lowest BCUT2D eigenvalue weighted by molar-refractivity contribution is 0.910. The monoisotopic (exact) mass is 358 g/mol. The van der Waals surface area contributed by atoms with E-state index in [9.17, 15) is 0 Å². The van der Waals surface area contributed by atoms with Gasteiger partial charge in [0.2, 0.25) is 0 Å². The van der Waals surface area contributed by atoms with Crippen LogP contribution in [0.25, 0.3) is 10.8 Å². The molecule has 0 bridgehead atoms. The lowest BCUT2D eigenvalue weighted by Crippen LogP contribution is -1.98. The van der Waals surface area contributed by atoms with Crippen LogP contribution in [0.2, 0.25) is 0 Å². The van der Waals surface area contributed by atoms with E-state index in [4.69, 9.17) is 11.6 Å². The van der Waals surface area contributed by atoms with Gasteiger partial charge in [-0.3, -0.25) is 0 Å². The lowest BCUT2D eigenvalue weighted by Gasteiger charge is -2.14. The molecule has 0 spiro atoms. The van der Waals surface area contributed by atoms with Crippen molar-refractivity contribution in [2.75, 3.05) is 0 Å². The summed E-state index contributed by atoms with van der Waals surface area (Å²) in [6, 6.07) is 21.3. The maximum absolute atomic E-state index is 6.65. The number of hydrogen-bond acceptors (Lipinski definition) is 0. The quantitative estimate of drug-likeness (QED) is 0.472. The van der Waals surface area contributed by atoms with Gasteiger partial charge in [-0.2, -0.15) is 0 Å². The molecule has 0 radical (unpaired) electrons. The smallest absolute Gasteiger partial charge is 0.0628 e. The Kier molecular flexibility index (Phi) is 4.32. The van der Waals surface area contributed by atoms with Crippen molar-refractivity contribution in [3.05, 3.63) is 81.8 Å². The molecule has 106 valence electrons. The average molecular weight is 360 g/mol.